The molecule has 4 rings (SSSR count). The van der Waals surface area contributed by atoms with Crippen LogP contribution in [-0.4, -0.2) is 22.4 Å². The van der Waals surface area contributed by atoms with E-state index in [1.54, 1.807) is 0 Å². The lowest BCUT2D eigenvalue weighted by Crippen LogP contribution is -2.61. The molecule has 1 unspecified atom stereocenters. The highest BCUT2D eigenvalue weighted by molar-refractivity contribution is 5.29. The van der Waals surface area contributed by atoms with E-state index in [4.69, 9.17) is 0 Å². The molecule has 0 saturated heterocycles. The van der Waals surface area contributed by atoms with E-state index >= 15 is 0 Å². The first-order valence-electron chi connectivity index (χ1n) is 10.3. The maximum Gasteiger partial charge on any atom is 0.0587 e. The van der Waals surface area contributed by atoms with Crippen molar-refractivity contribution in [1.82, 2.24) is 0 Å². The van der Waals surface area contributed by atoms with Crippen LogP contribution in [0.3, 0.4) is 0 Å². The fourth-order valence-electron chi connectivity index (χ4n) is 8.25. The molecule has 0 spiro atoms. The molecular formula is C22H36O2. The number of fused-ring (bicyclic) bond motifs is 5. The van der Waals surface area contributed by atoms with Crippen LogP contribution >= 0.6 is 0 Å². The Balaban J connectivity index is 1.78. The highest BCUT2D eigenvalue weighted by atomic mass is 16.3. The predicted molar refractivity (Wildman–Crippen MR) is 97.5 cm³/mol. The van der Waals surface area contributed by atoms with E-state index in [2.05, 4.69) is 33.8 Å². The third-order valence-electron chi connectivity index (χ3n) is 9.23. The third-order valence-corrected chi connectivity index (χ3v) is 9.23. The average Bonchev–Trinajstić information content (AvgIpc) is 2.84. The van der Waals surface area contributed by atoms with Gasteiger partial charge in [-0.15, -0.1) is 0 Å². The Bertz CT molecular complexity index is 554. The first kappa shape index (κ1) is 17.1. The molecule has 4 aliphatic rings. The standard InChI is InChI=1S/C22H36O2/c1-5-14-6-7-18-21(3)10-8-15-12-16(23)9-11-20(15,2)19(21)17(24)13-22(14,18)4/h8,14,16-19,23-24H,5-7,9-13H2,1-4H3/t14?,16-,17-,18-,19+,20-,21-,22+/m0/s1. The molecule has 4 aliphatic carbocycles. The smallest absolute Gasteiger partial charge is 0.0587 e. The lowest BCUT2D eigenvalue weighted by atomic mass is 9.41. The lowest BCUT2D eigenvalue weighted by molar-refractivity contribution is -0.171. The summed E-state index contributed by atoms with van der Waals surface area (Å²) in [6.45, 7) is 9.70. The van der Waals surface area contributed by atoms with Gasteiger partial charge in [0, 0.05) is 0 Å². The Morgan fingerprint density at radius 1 is 1.08 bits per heavy atom. The lowest BCUT2D eigenvalue weighted by Gasteiger charge is -2.64. The molecule has 136 valence electrons. The predicted octanol–water partition coefficient (Wildman–Crippen LogP) is 4.70. The summed E-state index contributed by atoms with van der Waals surface area (Å²) in [4.78, 5) is 0. The molecule has 2 heteroatoms. The maximum absolute atomic E-state index is 11.4. The van der Waals surface area contributed by atoms with Crippen molar-refractivity contribution in [2.45, 2.75) is 91.3 Å². The molecule has 0 aromatic rings. The molecule has 0 heterocycles. The van der Waals surface area contributed by atoms with Crippen LogP contribution < -0.4 is 0 Å². The Hall–Kier alpha value is -0.340. The zero-order chi connectivity index (χ0) is 17.3. The van der Waals surface area contributed by atoms with E-state index in [-0.39, 0.29) is 23.0 Å². The molecule has 24 heavy (non-hydrogen) atoms. The van der Waals surface area contributed by atoms with E-state index in [1.165, 1.54) is 24.8 Å². The van der Waals surface area contributed by atoms with Crippen LogP contribution in [-0.2, 0) is 0 Å². The van der Waals surface area contributed by atoms with Gasteiger partial charge in [0.1, 0.15) is 0 Å². The van der Waals surface area contributed by atoms with E-state index in [9.17, 15) is 10.2 Å². The van der Waals surface area contributed by atoms with Gasteiger partial charge in [-0.25, -0.2) is 0 Å². The summed E-state index contributed by atoms with van der Waals surface area (Å²) in [7, 11) is 0. The van der Waals surface area contributed by atoms with Crippen LogP contribution in [0.5, 0.6) is 0 Å². The van der Waals surface area contributed by atoms with Gasteiger partial charge in [0.2, 0.25) is 0 Å². The van der Waals surface area contributed by atoms with E-state index in [0.717, 1.165) is 43.9 Å². The molecular weight excluding hydrogens is 296 g/mol. The van der Waals surface area contributed by atoms with Crippen LogP contribution in [0.1, 0.15) is 79.1 Å². The summed E-state index contributed by atoms with van der Waals surface area (Å²) in [5.41, 5.74) is 2.07. The van der Waals surface area contributed by atoms with Gasteiger partial charge in [0.15, 0.2) is 0 Å². The highest BCUT2D eigenvalue weighted by Crippen LogP contribution is 2.71. The molecule has 0 amide bonds. The fourth-order valence-corrected chi connectivity index (χ4v) is 8.25. The maximum atomic E-state index is 11.4. The third kappa shape index (κ3) is 2.02. The topological polar surface area (TPSA) is 40.5 Å². The number of aliphatic hydroxyl groups excluding tert-OH is 2. The summed E-state index contributed by atoms with van der Waals surface area (Å²) in [5.74, 6) is 1.89. The second kappa shape index (κ2) is 5.33. The normalized spacial score (nSPS) is 56.9. The van der Waals surface area contributed by atoms with Gasteiger partial charge in [0.25, 0.3) is 0 Å². The SMILES string of the molecule is CCC1CC[C@H]2[C@]3(C)CC=C4C[C@@H](O)CC[C@]4(C)[C@H]3[C@@H](O)C[C@]12C. The summed E-state index contributed by atoms with van der Waals surface area (Å²) in [5, 5.41) is 21.5. The Morgan fingerprint density at radius 3 is 2.54 bits per heavy atom. The number of hydrogen-bond acceptors (Lipinski definition) is 2. The molecule has 0 aromatic heterocycles. The quantitative estimate of drug-likeness (QED) is 0.683. The van der Waals surface area contributed by atoms with Gasteiger partial charge in [-0.3, -0.25) is 0 Å². The molecule has 0 aromatic carbocycles. The van der Waals surface area contributed by atoms with Crippen LogP contribution in [0.25, 0.3) is 0 Å². The van der Waals surface area contributed by atoms with E-state index in [1.807, 2.05) is 0 Å². The van der Waals surface area contributed by atoms with Crippen molar-refractivity contribution in [2.75, 3.05) is 0 Å². The summed E-state index contributed by atoms with van der Waals surface area (Å²) >= 11 is 0. The van der Waals surface area contributed by atoms with Gasteiger partial charge in [-0.05, 0) is 78.9 Å². The second-order valence-corrected chi connectivity index (χ2v) is 10.2. The second-order valence-electron chi connectivity index (χ2n) is 10.2. The minimum atomic E-state index is -0.188. The zero-order valence-electron chi connectivity index (χ0n) is 16.0. The molecule has 0 radical (unpaired) electrons. The van der Waals surface area contributed by atoms with E-state index < -0.39 is 0 Å². The summed E-state index contributed by atoms with van der Waals surface area (Å²) < 4.78 is 0. The average molecular weight is 333 g/mol. The summed E-state index contributed by atoms with van der Waals surface area (Å²) in [6, 6.07) is 0. The number of aliphatic hydroxyl groups is 2. The van der Waals surface area contributed by atoms with Gasteiger partial charge in [-0.2, -0.15) is 0 Å². The Kier molecular flexibility index (Phi) is 3.80. The zero-order valence-corrected chi connectivity index (χ0v) is 16.0. The van der Waals surface area contributed by atoms with Gasteiger partial charge < -0.3 is 10.2 Å². The van der Waals surface area contributed by atoms with Crippen molar-refractivity contribution in [3.8, 4) is 0 Å². The van der Waals surface area contributed by atoms with Gasteiger partial charge in [-0.1, -0.05) is 45.8 Å². The number of rotatable bonds is 1. The first-order valence-corrected chi connectivity index (χ1v) is 10.3. The highest BCUT2D eigenvalue weighted by Gasteiger charge is 2.65. The van der Waals surface area contributed by atoms with Crippen LogP contribution in [0, 0.1) is 34.0 Å². The van der Waals surface area contributed by atoms with Crippen molar-refractivity contribution >= 4 is 0 Å². The van der Waals surface area contributed by atoms with Gasteiger partial charge >= 0.3 is 0 Å². The molecule has 8 atom stereocenters. The molecule has 2 N–H and O–H groups in total. The molecule has 3 fully saturated rings. The largest absolute Gasteiger partial charge is 0.393 e. The minimum Gasteiger partial charge on any atom is -0.393 e. The minimum absolute atomic E-state index is 0.0945. The summed E-state index contributed by atoms with van der Waals surface area (Å²) in [6.07, 6.45) is 10.9. The molecule has 2 nitrogen and oxygen atoms in total. The monoisotopic (exact) mass is 332 g/mol. The Morgan fingerprint density at radius 2 is 1.83 bits per heavy atom. The van der Waals surface area contributed by atoms with Crippen LogP contribution in [0.2, 0.25) is 0 Å². The Labute approximate surface area is 147 Å². The fraction of sp³-hybridized carbons (Fsp3) is 0.909. The van der Waals surface area contributed by atoms with E-state index in [0.29, 0.717) is 11.3 Å². The molecule has 0 aliphatic heterocycles. The first-order chi connectivity index (χ1) is 11.3. The molecule has 0 bridgehead atoms. The van der Waals surface area contributed by atoms with Crippen molar-refractivity contribution in [3.63, 3.8) is 0 Å². The molecule has 3 saturated carbocycles. The van der Waals surface area contributed by atoms with Crippen molar-refractivity contribution < 1.29 is 10.2 Å². The van der Waals surface area contributed by atoms with Crippen LogP contribution in [0.4, 0.5) is 0 Å². The van der Waals surface area contributed by atoms with Crippen molar-refractivity contribution in [2.24, 2.45) is 34.0 Å². The van der Waals surface area contributed by atoms with Crippen molar-refractivity contribution in [1.29, 1.82) is 0 Å². The number of hydrogen-bond donors (Lipinski definition) is 2. The van der Waals surface area contributed by atoms with Crippen LogP contribution in [0.15, 0.2) is 11.6 Å². The number of allylic oxidation sites excluding steroid dienone is 1. The van der Waals surface area contributed by atoms with Crippen molar-refractivity contribution in [3.05, 3.63) is 11.6 Å². The van der Waals surface area contributed by atoms with Gasteiger partial charge in [0.05, 0.1) is 12.2 Å².